The summed E-state index contributed by atoms with van der Waals surface area (Å²) in [4.78, 5) is 0. The molecule has 0 heterocycles. The highest BCUT2D eigenvalue weighted by atomic mass is 16.3. The summed E-state index contributed by atoms with van der Waals surface area (Å²) in [6.45, 7) is 1.13. The van der Waals surface area contributed by atoms with Crippen molar-refractivity contribution in [2.24, 2.45) is 5.92 Å². The van der Waals surface area contributed by atoms with Gasteiger partial charge in [0, 0.05) is 6.04 Å². The predicted molar refractivity (Wildman–Crippen MR) is 69.1 cm³/mol. The minimum atomic E-state index is 0.402. The van der Waals surface area contributed by atoms with E-state index in [1.54, 1.807) is 0 Å². The smallest absolute Gasteiger partial charge is 0.115 e. The highest BCUT2D eigenvalue weighted by Crippen LogP contribution is 2.34. The summed E-state index contributed by atoms with van der Waals surface area (Å²) in [7, 11) is 0. The van der Waals surface area contributed by atoms with E-state index in [1.165, 1.54) is 43.2 Å². The molecule has 0 saturated heterocycles. The van der Waals surface area contributed by atoms with Gasteiger partial charge in [-0.15, -0.1) is 0 Å². The van der Waals surface area contributed by atoms with Crippen LogP contribution in [0.2, 0.25) is 0 Å². The molecule has 2 aliphatic carbocycles. The van der Waals surface area contributed by atoms with E-state index in [0.717, 1.165) is 18.9 Å². The van der Waals surface area contributed by atoms with E-state index in [2.05, 4.69) is 11.4 Å². The lowest BCUT2D eigenvalue weighted by Gasteiger charge is -2.26. The number of rotatable bonds is 4. The molecule has 0 bridgehead atoms. The summed E-state index contributed by atoms with van der Waals surface area (Å²) in [5, 5.41) is 13.3. The van der Waals surface area contributed by atoms with E-state index < -0.39 is 0 Å². The number of hydrogen-bond acceptors (Lipinski definition) is 2. The SMILES string of the molecule is Oc1ccc2c(c1)C(NCCC1CC1)CCC2. The van der Waals surface area contributed by atoms with E-state index in [0.29, 0.717) is 11.8 Å². The second kappa shape index (κ2) is 4.69. The Morgan fingerprint density at radius 3 is 2.94 bits per heavy atom. The first-order chi connectivity index (χ1) is 8.33. The fraction of sp³-hybridized carbons (Fsp3) is 0.600. The molecule has 92 valence electrons. The van der Waals surface area contributed by atoms with Crippen LogP contribution in [0.1, 0.15) is 49.3 Å². The normalized spacial score (nSPS) is 23.4. The van der Waals surface area contributed by atoms with Gasteiger partial charge in [0.15, 0.2) is 0 Å². The Morgan fingerprint density at radius 2 is 2.12 bits per heavy atom. The Labute approximate surface area is 103 Å². The molecule has 2 nitrogen and oxygen atoms in total. The standard InChI is InChI=1S/C15H21NO/c17-13-7-6-12-2-1-3-15(14(12)10-13)16-9-8-11-4-5-11/h6-7,10-11,15-17H,1-5,8-9H2. The first-order valence-electron chi connectivity index (χ1n) is 6.88. The van der Waals surface area contributed by atoms with Crippen molar-refractivity contribution in [3.63, 3.8) is 0 Å². The van der Waals surface area contributed by atoms with Crippen molar-refractivity contribution in [2.75, 3.05) is 6.54 Å². The van der Waals surface area contributed by atoms with Gasteiger partial charge in [0.05, 0.1) is 0 Å². The summed E-state index contributed by atoms with van der Waals surface area (Å²) in [6.07, 6.45) is 7.83. The number of phenols is 1. The summed E-state index contributed by atoms with van der Waals surface area (Å²) >= 11 is 0. The number of fused-ring (bicyclic) bond motifs is 1. The Hall–Kier alpha value is -1.02. The van der Waals surface area contributed by atoms with Crippen molar-refractivity contribution in [3.8, 4) is 5.75 Å². The van der Waals surface area contributed by atoms with Gasteiger partial charge in [-0.25, -0.2) is 0 Å². The largest absolute Gasteiger partial charge is 0.508 e. The minimum absolute atomic E-state index is 0.402. The number of benzene rings is 1. The molecule has 0 aliphatic heterocycles. The average molecular weight is 231 g/mol. The van der Waals surface area contributed by atoms with Gasteiger partial charge in [-0.05, 0) is 61.4 Å². The molecule has 2 aliphatic rings. The molecule has 1 atom stereocenters. The molecule has 1 aromatic carbocycles. The summed E-state index contributed by atoms with van der Waals surface area (Å²) in [5.41, 5.74) is 2.74. The summed E-state index contributed by atoms with van der Waals surface area (Å²) in [5.74, 6) is 1.40. The Morgan fingerprint density at radius 1 is 1.24 bits per heavy atom. The molecule has 2 heteroatoms. The lowest BCUT2D eigenvalue weighted by molar-refractivity contribution is 0.439. The molecular weight excluding hydrogens is 210 g/mol. The molecular formula is C15H21NO. The maximum atomic E-state index is 9.60. The fourth-order valence-electron chi connectivity index (χ4n) is 2.87. The third-order valence-corrected chi connectivity index (χ3v) is 4.08. The molecule has 1 unspecified atom stereocenters. The zero-order chi connectivity index (χ0) is 11.7. The van der Waals surface area contributed by atoms with Gasteiger partial charge in [0.2, 0.25) is 0 Å². The van der Waals surface area contributed by atoms with Crippen LogP contribution < -0.4 is 5.32 Å². The molecule has 0 spiro atoms. The van der Waals surface area contributed by atoms with E-state index >= 15 is 0 Å². The maximum Gasteiger partial charge on any atom is 0.115 e. The van der Waals surface area contributed by atoms with E-state index in [9.17, 15) is 5.11 Å². The van der Waals surface area contributed by atoms with Gasteiger partial charge < -0.3 is 10.4 Å². The second-order valence-electron chi connectivity index (χ2n) is 5.51. The van der Waals surface area contributed by atoms with Crippen molar-refractivity contribution >= 4 is 0 Å². The Bertz CT molecular complexity index is 398. The highest BCUT2D eigenvalue weighted by molar-refractivity contribution is 5.38. The van der Waals surface area contributed by atoms with Gasteiger partial charge in [-0.1, -0.05) is 18.9 Å². The van der Waals surface area contributed by atoms with Gasteiger partial charge in [-0.2, -0.15) is 0 Å². The Kier molecular flexibility index (Phi) is 3.06. The summed E-state index contributed by atoms with van der Waals surface area (Å²) < 4.78 is 0. The zero-order valence-corrected chi connectivity index (χ0v) is 10.3. The van der Waals surface area contributed by atoms with Crippen LogP contribution in [0.4, 0.5) is 0 Å². The molecule has 3 rings (SSSR count). The monoisotopic (exact) mass is 231 g/mol. The fourth-order valence-corrected chi connectivity index (χ4v) is 2.87. The van der Waals surface area contributed by atoms with Crippen molar-refractivity contribution in [2.45, 2.75) is 44.6 Å². The molecule has 17 heavy (non-hydrogen) atoms. The minimum Gasteiger partial charge on any atom is -0.508 e. The van der Waals surface area contributed by atoms with Gasteiger partial charge in [-0.3, -0.25) is 0 Å². The van der Waals surface area contributed by atoms with E-state index in [1.807, 2.05) is 12.1 Å². The topological polar surface area (TPSA) is 32.3 Å². The number of phenolic OH excluding ortho intramolecular Hbond substituents is 1. The van der Waals surface area contributed by atoms with Crippen LogP contribution in [0.5, 0.6) is 5.75 Å². The molecule has 1 fully saturated rings. The first kappa shape index (κ1) is 11.1. The summed E-state index contributed by atoms with van der Waals surface area (Å²) in [6, 6.07) is 6.30. The first-order valence-corrected chi connectivity index (χ1v) is 6.88. The number of nitrogens with one attached hydrogen (secondary N) is 1. The molecule has 0 aromatic heterocycles. The zero-order valence-electron chi connectivity index (χ0n) is 10.3. The molecule has 0 radical (unpaired) electrons. The van der Waals surface area contributed by atoms with Crippen LogP contribution in [-0.2, 0) is 6.42 Å². The third-order valence-electron chi connectivity index (χ3n) is 4.08. The van der Waals surface area contributed by atoms with Gasteiger partial charge in [0.1, 0.15) is 5.75 Å². The van der Waals surface area contributed by atoms with Crippen LogP contribution >= 0.6 is 0 Å². The van der Waals surface area contributed by atoms with Crippen LogP contribution in [0.15, 0.2) is 18.2 Å². The van der Waals surface area contributed by atoms with Crippen LogP contribution in [0.25, 0.3) is 0 Å². The maximum absolute atomic E-state index is 9.60. The predicted octanol–water partition coefficient (Wildman–Crippen LogP) is 3.16. The van der Waals surface area contributed by atoms with Crippen molar-refractivity contribution < 1.29 is 5.11 Å². The number of hydrogen-bond donors (Lipinski definition) is 2. The number of aryl methyl sites for hydroxylation is 1. The Balaban J connectivity index is 1.66. The van der Waals surface area contributed by atoms with Gasteiger partial charge >= 0.3 is 0 Å². The highest BCUT2D eigenvalue weighted by Gasteiger charge is 2.23. The van der Waals surface area contributed by atoms with Crippen LogP contribution in [0.3, 0.4) is 0 Å². The molecule has 0 amide bonds. The van der Waals surface area contributed by atoms with Crippen molar-refractivity contribution in [1.82, 2.24) is 5.32 Å². The molecule has 1 saturated carbocycles. The lowest BCUT2D eigenvalue weighted by Crippen LogP contribution is -2.26. The second-order valence-corrected chi connectivity index (χ2v) is 5.51. The van der Waals surface area contributed by atoms with Crippen LogP contribution in [0, 0.1) is 5.92 Å². The quantitative estimate of drug-likeness (QED) is 0.834. The molecule has 2 N–H and O–H groups in total. The lowest BCUT2D eigenvalue weighted by atomic mass is 9.87. The van der Waals surface area contributed by atoms with E-state index in [4.69, 9.17) is 0 Å². The van der Waals surface area contributed by atoms with Crippen molar-refractivity contribution in [3.05, 3.63) is 29.3 Å². The molecule has 1 aromatic rings. The van der Waals surface area contributed by atoms with Crippen LogP contribution in [-0.4, -0.2) is 11.7 Å². The third kappa shape index (κ3) is 2.63. The van der Waals surface area contributed by atoms with Crippen molar-refractivity contribution in [1.29, 1.82) is 0 Å². The average Bonchev–Trinajstić information content (AvgIpc) is 3.14. The van der Waals surface area contributed by atoms with E-state index in [-0.39, 0.29) is 0 Å². The number of aromatic hydroxyl groups is 1. The van der Waals surface area contributed by atoms with Gasteiger partial charge in [0.25, 0.3) is 0 Å².